The number of anilines is 1. The van der Waals surface area contributed by atoms with Crippen molar-refractivity contribution in [1.82, 2.24) is 5.32 Å². The Bertz CT molecular complexity index is 1320. The van der Waals surface area contributed by atoms with E-state index in [-0.39, 0.29) is 16.9 Å². The van der Waals surface area contributed by atoms with Crippen molar-refractivity contribution in [3.63, 3.8) is 0 Å². The van der Waals surface area contributed by atoms with Crippen molar-refractivity contribution < 1.29 is 28.7 Å². The van der Waals surface area contributed by atoms with Crippen LogP contribution in [0, 0.1) is 0 Å². The van der Waals surface area contributed by atoms with Gasteiger partial charge in [0, 0.05) is 5.56 Å². The standard InChI is InChI=1S/C26H22N2O6/c1-3-15(2)16-7-9-19(10-8-16)28-24(30)21(23(29)27-26(28)33)14-20-11-12-22(34-20)17-5-4-6-18(13-17)25(31)32/h4-15H,3H2,1-2H3,(H,31,32)(H,27,29,33)/b21-14-. The molecule has 1 aromatic heterocycles. The van der Waals surface area contributed by atoms with E-state index in [1.165, 1.54) is 18.2 Å². The molecule has 3 aromatic rings. The number of carboxylic acid groups (broad SMARTS) is 1. The van der Waals surface area contributed by atoms with Crippen molar-refractivity contribution in [3.8, 4) is 11.3 Å². The van der Waals surface area contributed by atoms with Crippen molar-refractivity contribution in [3.05, 3.63) is 83.1 Å². The number of rotatable bonds is 6. The largest absolute Gasteiger partial charge is 0.478 e. The van der Waals surface area contributed by atoms with Crippen LogP contribution in [0.25, 0.3) is 17.4 Å². The summed E-state index contributed by atoms with van der Waals surface area (Å²) in [5.41, 5.74) is 1.80. The maximum absolute atomic E-state index is 13.1. The molecule has 2 heterocycles. The van der Waals surface area contributed by atoms with Crippen molar-refractivity contribution >= 4 is 35.6 Å². The second kappa shape index (κ2) is 9.19. The Labute approximate surface area is 195 Å². The van der Waals surface area contributed by atoms with Crippen molar-refractivity contribution in [2.24, 2.45) is 0 Å². The molecule has 0 bridgehead atoms. The molecule has 8 nitrogen and oxygen atoms in total. The summed E-state index contributed by atoms with van der Waals surface area (Å²) in [7, 11) is 0. The topological polar surface area (TPSA) is 117 Å². The summed E-state index contributed by atoms with van der Waals surface area (Å²) < 4.78 is 5.72. The Morgan fingerprint density at radius 1 is 1.09 bits per heavy atom. The van der Waals surface area contributed by atoms with Gasteiger partial charge in [-0.15, -0.1) is 0 Å². The number of hydrogen-bond acceptors (Lipinski definition) is 5. The van der Waals surface area contributed by atoms with Crippen LogP contribution in [0.4, 0.5) is 10.5 Å². The van der Waals surface area contributed by atoms with E-state index >= 15 is 0 Å². The molecule has 1 fully saturated rings. The lowest BCUT2D eigenvalue weighted by Gasteiger charge is -2.26. The van der Waals surface area contributed by atoms with Gasteiger partial charge in [-0.05, 0) is 60.4 Å². The van der Waals surface area contributed by atoms with Crippen LogP contribution >= 0.6 is 0 Å². The Morgan fingerprint density at radius 2 is 1.82 bits per heavy atom. The lowest BCUT2D eigenvalue weighted by molar-refractivity contribution is -0.122. The quantitative estimate of drug-likeness (QED) is 0.404. The third-order valence-corrected chi connectivity index (χ3v) is 5.74. The number of carboxylic acids is 1. The average Bonchev–Trinajstić information content (AvgIpc) is 3.30. The molecule has 8 heteroatoms. The van der Waals surface area contributed by atoms with Crippen molar-refractivity contribution in [2.75, 3.05) is 4.90 Å². The third-order valence-electron chi connectivity index (χ3n) is 5.74. The van der Waals surface area contributed by atoms with Crippen LogP contribution in [-0.2, 0) is 9.59 Å². The predicted octanol–water partition coefficient (Wildman–Crippen LogP) is 4.82. The first-order valence-corrected chi connectivity index (χ1v) is 10.7. The predicted molar refractivity (Wildman–Crippen MR) is 125 cm³/mol. The highest BCUT2D eigenvalue weighted by atomic mass is 16.4. The third kappa shape index (κ3) is 4.38. The van der Waals surface area contributed by atoms with E-state index < -0.39 is 23.8 Å². The number of benzene rings is 2. The maximum atomic E-state index is 13.1. The van der Waals surface area contributed by atoms with Gasteiger partial charge in [0.25, 0.3) is 11.8 Å². The first kappa shape index (κ1) is 22.7. The van der Waals surface area contributed by atoms with E-state index in [1.54, 1.807) is 36.4 Å². The first-order chi connectivity index (χ1) is 16.3. The maximum Gasteiger partial charge on any atom is 0.335 e. The number of barbiturate groups is 1. The summed E-state index contributed by atoms with van der Waals surface area (Å²) in [5, 5.41) is 11.4. The smallest absolute Gasteiger partial charge is 0.335 e. The molecule has 0 radical (unpaired) electrons. The van der Waals surface area contributed by atoms with E-state index in [4.69, 9.17) is 4.42 Å². The van der Waals surface area contributed by atoms with Crippen LogP contribution in [0.2, 0.25) is 0 Å². The molecule has 1 aliphatic heterocycles. The van der Waals surface area contributed by atoms with Crippen LogP contribution in [0.1, 0.15) is 47.9 Å². The number of nitrogens with zero attached hydrogens (tertiary/aromatic N) is 1. The molecule has 0 spiro atoms. The monoisotopic (exact) mass is 458 g/mol. The lowest BCUT2D eigenvalue weighted by atomic mass is 9.98. The highest BCUT2D eigenvalue weighted by Gasteiger charge is 2.37. The first-order valence-electron chi connectivity index (χ1n) is 10.7. The molecule has 1 saturated heterocycles. The van der Waals surface area contributed by atoms with Gasteiger partial charge in [-0.2, -0.15) is 0 Å². The molecule has 0 aliphatic carbocycles. The van der Waals surface area contributed by atoms with E-state index in [2.05, 4.69) is 19.2 Å². The highest BCUT2D eigenvalue weighted by Crippen LogP contribution is 2.28. The van der Waals surface area contributed by atoms with Crippen molar-refractivity contribution in [1.29, 1.82) is 0 Å². The van der Waals surface area contributed by atoms with Crippen molar-refractivity contribution in [2.45, 2.75) is 26.2 Å². The molecule has 1 atom stereocenters. The number of carbonyl (C=O) groups excluding carboxylic acids is 3. The summed E-state index contributed by atoms with van der Waals surface area (Å²) in [6.07, 6.45) is 2.21. The number of imide groups is 2. The van der Waals surface area contributed by atoms with E-state index in [0.717, 1.165) is 16.9 Å². The van der Waals surface area contributed by atoms with Crippen LogP contribution in [0.15, 0.2) is 70.7 Å². The van der Waals surface area contributed by atoms with Crippen LogP contribution in [0.3, 0.4) is 0 Å². The fourth-order valence-electron chi connectivity index (χ4n) is 3.61. The SMILES string of the molecule is CCC(C)c1ccc(N2C(=O)NC(=O)/C(=C/c3ccc(-c4cccc(C(=O)O)c4)o3)C2=O)cc1. The molecule has 2 aromatic carbocycles. The number of urea groups is 1. The molecular formula is C26H22N2O6. The molecule has 4 amide bonds. The molecule has 2 N–H and O–H groups in total. The highest BCUT2D eigenvalue weighted by molar-refractivity contribution is 6.39. The Kier molecular flexibility index (Phi) is 6.14. The van der Waals surface area contributed by atoms with Gasteiger partial charge in [-0.25, -0.2) is 14.5 Å². The van der Waals surface area contributed by atoms with E-state index in [1.807, 2.05) is 12.1 Å². The summed E-state index contributed by atoms with van der Waals surface area (Å²) in [5.74, 6) is -1.75. The number of aromatic carboxylic acids is 1. The average molecular weight is 458 g/mol. The van der Waals surface area contributed by atoms with Gasteiger partial charge in [0.05, 0.1) is 11.3 Å². The fourth-order valence-corrected chi connectivity index (χ4v) is 3.61. The Morgan fingerprint density at radius 3 is 2.50 bits per heavy atom. The Hall–Kier alpha value is -4.46. The van der Waals surface area contributed by atoms with Gasteiger partial charge in [0.1, 0.15) is 17.1 Å². The number of furan rings is 1. The van der Waals surface area contributed by atoms with Crippen LogP contribution < -0.4 is 10.2 Å². The molecule has 4 rings (SSSR count). The van der Waals surface area contributed by atoms with E-state index in [0.29, 0.717) is 22.9 Å². The molecule has 172 valence electrons. The van der Waals surface area contributed by atoms with Gasteiger partial charge in [0.15, 0.2) is 0 Å². The number of carbonyl (C=O) groups is 4. The normalized spacial score (nSPS) is 16.0. The Balaban J connectivity index is 1.63. The fraction of sp³-hybridized carbons (Fsp3) is 0.154. The molecular weight excluding hydrogens is 436 g/mol. The van der Waals surface area contributed by atoms with Gasteiger partial charge in [0.2, 0.25) is 0 Å². The van der Waals surface area contributed by atoms with Gasteiger partial charge < -0.3 is 9.52 Å². The van der Waals surface area contributed by atoms with Crippen LogP contribution in [0.5, 0.6) is 0 Å². The number of nitrogens with one attached hydrogen (secondary N) is 1. The minimum atomic E-state index is -1.07. The molecule has 1 unspecified atom stereocenters. The van der Waals surface area contributed by atoms with Gasteiger partial charge in [-0.3, -0.25) is 14.9 Å². The second-order valence-electron chi connectivity index (χ2n) is 7.95. The van der Waals surface area contributed by atoms with Gasteiger partial charge in [-0.1, -0.05) is 38.1 Å². The minimum Gasteiger partial charge on any atom is -0.478 e. The summed E-state index contributed by atoms with van der Waals surface area (Å²) in [6, 6.07) is 15.6. The molecule has 34 heavy (non-hydrogen) atoms. The second-order valence-corrected chi connectivity index (χ2v) is 7.95. The summed E-state index contributed by atoms with van der Waals surface area (Å²) in [6.45, 7) is 4.16. The number of hydrogen-bond donors (Lipinski definition) is 2. The van der Waals surface area contributed by atoms with E-state index in [9.17, 15) is 24.3 Å². The zero-order valence-corrected chi connectivity index (χ0v) is 18.6. The molecule has 1 aliphatic rings. The lowest BCUT2D eigenvalue weighted by Crippen LogP contribution is -2.54. The van der Waals surface area contributed by atoms with Crippen LogP contribution in [-0.4, -0.2) is 28.9 Å². The zero-order chi connectivity index (χ0) is 24.4. The summed E-state index contributed by atoms with van der Waals surface area (Å²) in [4.78, 5) is 50.1. The molecule has 0 saturated carbocycles. The summed E-state index contributed by atoms with van der Waals surface area (Å²) >= 11 is 0. The van der Waals surface area contributed by atoms with Gasteiger partial charge >= 0.3 is 12.0 Å². The number of amides is 4. The zero-order valence-electron chi connectivity index (χ0n) is 18.6. The minimum absolute atomic E-state index is 0.101.